The lowest BCUT2D eigenvalue weighted by atomic mass is 9.86. The van der Waals surface area contributed by atoms with Crippen molar-refractivity contribution in [3.8, 4) is 0 Å². The Kier molecular flexibility index (Phi) is 2.61. The molecule has 1 unspecified atom stereocenters. The molecule has 1 saturated carbocycles. The summed E-state index contributed by atoms with van der Waals surface area (Å²) >= 11 is 0. The molecule has 2 aliphatic rings. The van der Waals surface area contributed by atoms with Crippen molar-refractivity contribution in [2.45, 2.75) is 58.1 Å². The summed E-state index contributed by atoms with van der Waals surface area (Å²) in [5.41, 5.74) is 0.620. The zero-order chi connectivity index (χ0) is 10.2. The molecule has 1 spiro atoms. The average molecular weight is 197 g/mol. The number of ether oxygens (including phenoxy) is 1. The lowest BCUT2D eigenvalue weighted by Gasteiger charge is -2.43. The lowest BCUT2D eigenvalue weighted by Crippen LogP contribution is -2.58. The highest BCUT2D eigenvalue weighted by Crippen LogP contribution is 2.34. The van der Waals surface area contributed by atoms with Gasteiger partial charge in [0.15, 0.2) is 0 Å². The van der Waals surface area contributed by atoms with E-state index in [1.807, 2.05) is 0 Å². The number of nitrogens with one attached hydrogen (secondary N) is 1. The summed E-state index contributed by atoms with van der Waals surface area (Å²) in [5, 5.41) is 3.73. The molecule has 1 saturated heterocycles. The Morgan fingerprint density at radius 1 is 1.21 bits per heavy atom. The Labute approximate surface area is 87.4 Å². The summed E-state index contributed by atoms with van der Waals surface area (Å²) in [6.07, 6.45) is 5.74. The molecule has 1 atom stereocenters. The van der Waals surface area contributed by atoms with E-state index in [1.54, 1.807) is 0 Å². The molecule has 82 valence electrons. The van der Waals surface area contributed by atoms with Gasteiger partial charge in [-0.2, -0.15) is 0 Å². The first-order valence-electron chi connectivity index (χ1n) is 5.89. The molecule has 0 aromatic rings. The quantitative estimate of drug-likeness (QED) is 0.643. The van der Waals surface area contributed by atoms with Crippen LogP contribution in [-0.4, -0.2) is 24.8 Å². The van der Waals surface area contributed by atoms with E-state index in [0.717, 1.165) is 13.2 Å². The van der Waals surface area contributed by atoms with Gasteiger partial charge in [0, 0.05) is 12.1 Å². The van der Waals surface area contributed by atoms with Gasteiger partial charge in [-0.25, -0.2) is 0 Å². The van der Waals surface area contributed by atoms with Crippen LogP contribution in [0.3, 0.4) is 0 Å². The summed E-state index contributed by atoms with van der Waals surface area (Å²) < 4.78 is 6.02. The third-order valence-electron chi connectivity index (χ3n) is 3.75. The van der Waals surface area contributed by atoms with Crippen molar-refractivity contribution >= 4 is 0 Å². The maximum Gasteiger partial charge on any atom is 0.0748 e. The fourth-order valence-electron chi connectivity index (χ4n) is 2.61. The van der Waals surface area contributed by atoms with Crippen LogP contribution < -0.4 is 5.32 Å². The van der Waals surface area contributed by atoms with E-state index < -0.39 is 0 Å². The van der Waals surface area contributed by atoms with E-state index in [4.69, 9.17) is 4.74 Å². The second kappa shape index (κ2) is 3.49. The minimum atomic E-state index is 0.271. The van der Waals surface area contributed by atoms with Crippen LogP contribution in [0.2, 0.25) is 0 Å². The Bertz CT molecular complexity index is 191. The molecule has 2 fully saturated rings. The van der Waals surface area contributed by atoms with E-state index in [9.17, 15) is 0 Å². The third-order valence-corrected chi connectivity index (χ3v) is 3.75. The van der Waals surface area contributed by atoms with Crippen molar-refractivity contribution in [2.75, 3.05) is 13.2 Å². The maximum atomic E-state index is 6.02. The van der Waals surface area contributed by atoms with Gasteiger partial charge in [0.2, 0.25) is 0 Å². The van der Waals surface area contributed by atoms with Crippen LogP contribution in [-0.2, 0) is 4.74 Å². The largest absolute Gasteiger partial charge is 0.374 e. The molecule has 0 amide bonds. The summed E-state index contributed by atoms with van der Waals surface area (Å²) in [5.74, 6) is 0. The first-order chi connectivity index (χ1) is 6.52. The molecule has 1 heterocycles. The minimum Gasteiger partial charge on any atom is -0.374 e. The molecule has 2 rings (SSSR count). The molecule has 1 aliphatic carbocycles. The number of morpholine rings is 1. The van der Waals surface area contributed by atoms with Crippen molar-refractivity contribution < 1.29 is 4.74 Å². The zero-order valence-corrected chi connectivity index (χ0v) is 9.73. The predicted molar refractivity (Wildman–Crippen MR) is 58.4 cm³/mol. The summed E-state index contributed by atoms with van der Waals surface area (Å²) in [4.78, 5) is 0. The summed E-state index contributed by atoms with van der Waals surface area (Å²) in [6.45, 7) is 8.72. The first kappa shape index (κ1) is 10.4. The fraction of sp³-hybridized carbons (Fsp3) is 1.00. The highest BCUT2D eigenvalue weighted by Gasteiger charge is 2.40. The number of hydrogen-bond donors (Lipinski definition) is 1. The Morgan fingerprint density at radius 2 is 1.86 bits per heavy atom. The molecular formula is C12H23NO. The minimum absolute atomic E-state index is 0.271. The SMILES string of the molecule is CC(C)(C)C1CNC2(CCCC2)CO1. The van der Waals surface area contributed by atoms with Crippen LogP contribution in [0.1, 0.15) is 46.5 Å². The molecule has 0 aromatic carbocycles. The van der Waals surface area contributed by atoms with E-state index >= 15 is 0 Å². The second-order valence-electron chi connectivity index (χ2n) is 6.03. The van der Waals surface area contributed by atoms with E-state index in [-0.39, 0.29) is 5.41 Å². The Hall–Kier alpha value is -0.0800. The lowest BCUT2D eigenvalue weighted by molar-refractivity contribution is -0.0792. The molecule has 0 aromatic heterocycles. The normalized spacial score (nSPS) is 32.4. The van der Waals surface area contributed by atoms with Gasteiger partial charge in [0.25, 0.3) is 0 Å². The van der Waals surface area contributed by atoms with Gasteiger partial charge in [-0.15, -0.1) is 0 Å². The summed E-state index contributed by atoms with van der Waals surface area (Å²) in [6, 6.07) is 0. The van der Waals surface area contributed by atoms with E-state index in [2.05, 4.69) is 26.1 Å². The van der Waals surface area contributed by atoms with E-state index in [0.29, 0.717) is 11.6 Å². The number of rotatable bonds is 0. The van der Waals surface area contributed by atoms with Crippen LogP contribution in [0.4, 0.5) is 0 Å². The van der Waals surface area contributed by atoms with Gasteiger partial charge < -0.3 is 10.1 Å². The standard InChI is InChI=1S/C12H23NO/c1-11(2,3)10-8-13-12(9-14-10)6-4-5-7-12/h10,13H,4-9H2,1-3H3. The number of hydrogen-bond acceptors (Lipinski definition) is 2. The van der Waals surface area contributed by atoms with Gasteiger partial charge in [-0.3, -0.25) is 0 Å². The van der Waals surface area contributed by atoms with Gasteiger partial charge in [-0.1, -0.05) is 33.6 Å². The Morgan fingerprint density at radius 3 is 2.29 bits per heavy atom. The molecule has 2 heteroatoms. The first-order valence-corrected chi connectivity index (χ1v) is 5.89. The molecule has 1 aliphatic heterocycles. The molecule has 0 bridgehead atoms. The smallest absolute Gasteiger partial charge is 0.0748 e. The zero-order valence-electron chi connectivity index (χ0n) is 9.73. The second-order valence-corrected chi connectivity index (χ2v) is 6.03. The highest BCUT2D eigenvalue weighted by atomic mass is 16.5. The van der Waals surface area contributed by atoms with Crippen LogP contribution in [0.25, 0.3) is 0 Å². The fourth-order valence-corrected chi connectivity index (χ4v) is 2.61. The molecule has 0 radical (unpaired) electrons. The molecule has 2 nitrogen and oxygen atoms in total. The van der Waals surface area contributed by atoms with Crippen LogP contribution in [0, 0.1) is 5.41 Å². The van der Waals surface area contributed by atoms with Gasteiger partial charge in [0.05, 0.1) is 12.7 Å². The van der Waals surface area contributed by atoms with Gasteiger partial charge in [-0.05, 0) is 18.3 Å². The summed E-state index contributed by atoms with van der Waals surface area (Å²) in [7, 11) is 0. The van der Waals surface area contributed by atoms with Crippen molar-refractivity contribution in [2.24, 2.45) is 5.41 Å². The van der Waals surface area contributed by atoms with Gasteiger partial charge in [0.1, 0.15) is 0 Å². The van der Waals surface area contributed by atoms with Crippen molar-refractivity contribution in [3.05, 3.63) is 0 Å². The van der Waals surface area contributed by atoms with Crippen LogP contribution in [0.5, 0.6) is 0 Å². The van der Waals surface area contributed by atoms with Crippen molar-refractivity contribution in [1.29, 1.82) is 0 Å². The maximum absolute atomic E-state index is 6.02. The third kappa shape index (κ3) is 1.96. The predicted octanol–water partition coefficient (Wildman–Crippen LogP) is 2.33. The van der Waals surface area contributed by atoms with Crippen molar-refractivity contribution in [1.82, 2.24) is 5.32 Å². The monoisotopic (exact) mass is 197 g/mol. The molecular weight excluding hydrogens is 174 g/mol. The Balaban J connectivity index is 1.92. The molecule has 14 heavy (non-hydrogen) atoms. The van der Waals surface area contributed by atoms with E-state index in [1.165, 1.54) is 25.7 Å². The molecule has 1 N–H and O–H groups in total. The van der Waals surface area contributed by atoms with Gasteiger partial charge >= 0.3 is 0 Å². The highest BCUT2D eigenvalue weighted by molar-refractivity contribution is 4.97. The topological polar surface area (TPSA) is 21.3 Å². The average Bonchev–Trinajstić information content (AvgIpc) is 2.53. The van der Waals surface area contributed by atoms with Crippen LogP contribution >= 0.6 is 0 Å². The van der Waals surface area contributed by atoms with Crippen LogP contribution in [0.15, 0.2) is 0 Å². The van der Waals surface area contributed by atoms with Crippen molar-refractivity contribution in [3.63, 3.8) is 0 Å².